The minimum absolute atomic E-state index is 0.0511. The molecule has 0 N–H and O–H groups in total. The van der Waals surface area contributed by atoms with Crippen LogP contribution < -0.4 is 4.74 Å². The third-order valence-electron chi connectivity index (χ3n) is 5.39. The number of rotatable bonds is 6. The molecule has 0 amide bonds. The highest BCUT2D eigenvalue weighted by molar-refractivity contribution is 5.92. The smallest absolute Gasteiger partial charge is 0.362 e. The first kappa shape index (κ1) is 22.0. The number of carbonyl (C=O) groups excluding carboxylic acids is 1. The van der Waals surface area contributed by atoms with Crippen LogP contribution in [0.4, 0.5) is 0 Å². The van der Waals surface area contributed by atoms with E-state index in [-0.39, 0.29) is 17.7 Å². The van der Waals surface area contributed by atoms with Crippen LogP contribution in [-0.2, 0) is 11.2 Å². The molecule has 0 atom stereocenters. The number of aromatic nitrogens is 3. The molecule has 0 bridgehead atoms. The molecule has 1 aliphatic carbocycles. The molecule has 0 saturated heterocycles. The van der Waals surface area contributed by atoms with E-state index in [9.17, 15) is 10.1 Å². The van der Waals surface area contributed by atoms with Crippen molar-refractivity contribution in [1.29, 1.82) is 5.26 Å². The molecule has 2 aromatic carbocycles. The predicted molar refractivity (Wildman–Crippen MR) is 127 cm³/mol. The molecule has 2 aromatic heterocycles. The second-order valence-corrected chi connectivity index (χ2v) is 8.12. The first-order chi connectivity index (χ1) is 17.0. The number of esters is 1. The molecule has 35 heavy (non-hydrogen) atoms. The molecule has 0 spiro atoms. The number of nitrogens with zero attached hydrogens (tertiary/aromatic N) is 4. The number of hydrogen-bond donors (Lipinski definition) is 0. The van der Waals surface area contributed by atoms with E-state index in [4.69, 9.17) is 14.0 Å². The Morgan fingerprint density at radius 1 is 1.11 bits per heavy atom. The maximum Gasteiger partial charge on any atom is 0.362 e. The quantitative estimate of drug-likeness (QED) is 0.358. The Balaban J connectivity index is 1.41. The molecular weight excluding hydrogens is 444 g/mol. The molecule has 2 heterocycles. The molecule has 0 fully saturated rings. The summed E-state index contributed by atoms with van der Waals surface area (Å²) in [5, 5.41) is 13.7. The molecule has 0 radical (unpaired) electrons. The van der Waals surface area contributed by atoms with Gasteiger partial charge >= 0.3 is 5.97 Å². The zero-order valence-electron chi connectivity index (χ0n) is 19.1. The average molecular weight is 464 g/mol. The number of ether oxygens (including phenoxy) is 2. The number of pyridine rings is 1. The van der Waals surface area contributed by atoms with Gasteiger partial charge in [0.2, 0.25) is 5.82 Å². The fourth-order valence-corrected chi connectivity index (χ4v) is 3.84. The van der Waals surface area contributed by atoms with Crippen LogP contribution in [-0.4, -0.2) is 27.2 Å². The molecule has 0 saturated carbocycles. The van der Waals surface area contributed by atoms with Gasteiger partial charge in [0.05, 0.1) is 11.7 Å². The number of hydrogen-bond acceptors (Lipinski definition) is 8. The predicted octanol–water partition coefficient (Wildman–Crippen LogP) is 5.21. The number of allylic oxidation sites excluding steroid dienone is 1. The minimum atomic E-state index is -0.518. The number of nitriles is 1. The fraction of sp³-hybridized carbons (Fsp3) is 0.148. The van der Waals surface area contributed by atoms with Crippen molar-refractivity contribution < 1.29 is 18.8 Å². The monoisotopic (exact) mass is 464 g/mol. The van der Waals surface area contributed by atoms with Gasteiger partial charge in [-0.2, -0.15) is 10.2 Å². The molecular formula is C27H20N4O4. The van der Waals surface area contributed by atoms with Crippen LogP contribution in [0.2, 0.25) is 0 Å². The standard InChI is InChI=1S/C27H20N4O4/c1-16(2)33-23-11-9-17(14-18(23)15-28)26-30-25(31-35-26)21-7-5-6-20-19(21)10-12-24(20)34-27(32)22-8-3-4-13-29-22/h3-9,11-14,16H,10H2,1-2H3. The van der Waals surface area contributed by atoms with E-state index in [1.54, 1.807) is 42.6 Å². The molecule has 8 heteroatoms. The number of carbonyl (C=O) groups is 1. The summed E-state index contributed by atoms with van der Waals surface area (Å²) >= 11 is 0. The van der Waals surface area contributed by atoms with Gasteiger partial charge in [-0.3, -0.25) is 0 Å². The van der Waals surface area contributed by atoms with Gasteiger partial charge in [0.25, 0.3) is 5.89 Å². The summed E-state index contributed by atoms with van der Waals surface area (Å²) in [6.07, 6.45) is 3.90. The summed E-state index contributed by atoms with van der Waals surface area (Å²) in [6.45, 7) is 3.80. The summed E-state index contributed by atoms with van der Waals surface area (Å²) in [5.74, 6) is 1.16. The summed E-state index contributed by atoms with van der Waals surface area (Å²) < 4.78 is 16.8. The van der Waals surface area contributed by atoms with Crippen LogP contribution in [0.25, 0.3) is 28.6 Å². The van der Waals surface area contributed by atoms with Crippen LogP contribution in [0.15, 0.2) is 71.4 Å². The lowest BCUT2D eigenvalue weighted by Gasteiger charge is -2.11. The Morgan fingerprint density at radius 3 is 2.74 bits per heavy atom. The summed E-state index contributed by atoms with van der Waals surface area (Å²) in [7, 11) is 0. The fourth-order valence-electron chi connectivity index (χ4n) is 3.84. The lowest BCUT2D eigenvalue weighted by atomic mass is 10.0. The van der Waals surface area contributed by atoms with Gasteiger partial charge < -0.3 is 14.0 Å². The van der Waals surface area contributed by atoms with Crippen molar-refractivity contribution in [1.82, 2.24) is 15.1 Å². The lowest BCUT2D eigenvalue weighted by Crippen LogP contribution is -2.06. The van der Waals surface area contributed by atoms with Crippen LogP contribution >= 0.6 is 0 Å². The van der Waals surface area contributed by atoms with Crippen molar-refractivity contribution in [2.45, 2.75) is 26.4 Å². The average Bonchev–Trinajstić information content (AvgIpc) is 3.52. The van der Waals surface area contributed by atoms with E-state index in [0.717, 1.165) is 16.7 Å². The highest BCUT2D eigenvalue weighted by atomic mass is 16.5. The lowest BCUT2D eigenvalue weighted by molar-refractivity contribution is 0.0686. The molecule has 0 unspecified atom stereocenters. The normalized spacial score (nSPS) is 12.1. The zero-order chi connectivity index (χ0) is 24.4. The van der Waals surface area contributed by atoms with Crippen molar-refractivity contribution >= 4 is 11.7 Å². The second kappa shape index (κ2) is 9.23. The van der Waals surface area contributed by atoms with Gasteiger partial charge in [-0.05, 0) is 62.2 Å². The van der Waals surface area contributed by atoms with Crippen LogP contribution in [0.3, 0.4) is 0 Å². The largest absolute Gasteiger partial charge is 0.490 e. The van der Waals surface area contributed by atoms with Gasteiger partial charge in [-0.1, -0.05) is 29.4 Å². The van der Waals surface area contributed by atoms with Crippen molar-refractivity contribution in [2.75, 3.05) is 0 Å². The van der Waals surface area contributed by atoms with Crippen LogP contribution in [0.1, 0.15) is 41.0 Å². The molecule has 8 nitrogen and oxygen atoms in total. The third kappa shape index (κ3) is 4.39. The third-order valence-corrected chi connectivity index (χ3v) is 5.39. The van der Waals surface area contributed by atoms with Crippen molar-refractivity contribution in [3.05, 3.63) is 89.3 Å². The Bertz CT molecular complexity index is 1480. The van der Waals surface area contributed by atoms with Gasteiger partial charge in [-0.25, -0.2) is 9.78 Å². The van der Waals surface area contributed by atoms with Crippen molar-refractivity contribution in [3.8, 4) is 34.7 Å². The summed E-state index contributed by atoms with van der Waals surface area (Å²) in [4.78, 5) is 21.1. The summed E-state index contributed by atoms with van der Waals surface area (Å²) in [5.41, 5.74) is 3.75. The van der Waals surface area contributed by atoms with Crippen molar-refractivity contribution in [2.24, 2.45) is 0 Å². The van der Waals surface area contributed by atoms with Crippen molar-refractivity contribution in [3.63, 3.8) is 0 Å². The van der Waals surface area contributed by atoms with Crippen LogP contribution in [0, 0.1) is 11.3 Å². The number of fused-ring (bicyclic) bond motifs is 1. The highest BCUT2D eigenvalue weighted by Gasteiger charge is 2.24. The highest BCUT2D eigenvalue weighted by Crippen LogP contribution is 2.36. The van der Waals surface area contributed by atoms with Crippen LogP contribution in [0.5, 0.6) is 5.75 Å². The molecule has 172 valence electrons. The molecule has 4 aromatic rings. The Labute approximate surface area is 201 Å². The summed E-state index contributed by atoms with van der Waals surface area (Å²) in [6, 6.07) is 18.0. The van der Waals surface area contributed by atoms with E-state index in [0.29, 0.717) is 34.9 Å². The van der Waals surface area contributed by atoms with E-state index < -0.39 is 5.97 Å². The maximum atomic E-state index is 12.5. The van der Waals surface area contributed by atoms with Gasteiger partial charge in [-0.15, -0.1) is 0 Å². The minimum Gasteiger partial charge on any atom is -0.490 e. The first-order valence-electron chi connectivity index (χ1n) is 11.0. The SMILES string of the molecule is CC(C)Oc1ccc(-c2nc(-c3cccc4c3CC=C4OC(=O)c3ccccn3)no2)cc1C#N. The topological polar surface area (TPSA) is 111 Å². The second-order valence-electron chi connectivity index (χ2n) is 8.12. The number of benzene rings is 2. The van der Waals surface area contributed by atoms with E-state index in [1.807, 2.05) is 38.1 Å². The Hall–Kier alpha value is -4.77. The Kier molecular flexibility index (Phi) is 5.81. The molecule has 1 aliphatic rings. The van der Waals surface area contributed by atoms with E-state index in [2.05, 4.69) is 21.2 Å². The van der Waals surface area contributed by atoms with Gasteiger partial charge in [0.1, 0.15) is 23.3 Å². The first-order valence-corrected chi connectivity index (χ1v) is 11.0. The van der Waals surface area contributed by atoms with Gasteiger partial charge in [0, 0.05) is 22.9 Å². The zero-order valence-corrected chi connectivity index (χ0v) is 19.1. The molecule has 0 aliphatic heterocycles. The Morgan fingerprint density at radius 2 is 1.97 bits per heavy atom. The maximum absolute atomic E-state index is 12.5. The van der Waals surface area contributed by atoms with E-state index >= 15 is 0 Å². The van der Waals surface area contributed by atoms with E-state index in [1.165, 1.54) is 0 Å². The molecule has 5 rings (SSSR count). The van der Waals surface area contributed by atoms with Gasteiger partial charge in [0.15, 0.2) is 0 Å².